The monoisotopic (exact) mass is 341 g/mol. The predicted octanol–water partition coefficient (Wildman–Crippen LogP) is 4.42. The van der Waals surface area contributed by atoms with Crippen LogP contribution in [0.2, 0.25) is 5.02 Å². The van der Waals surface area contributed by atoms with Crippen molar-refractivity contribution in [2.24, 2.45) is 0 Å². The van der Waals surface area contributed by atoms with E-state index >= 15 is 0 Å². The predicted molar refractivity (Wildman–Crippen MR) is 77.9 cm³/mol. The Morgan fingerprint density at radius 2 is 1.89 bits per heavy atom. The summed E-state index contributed by atoms with van der Waals surface area (Å²) in [6.07, 6.45) is 0.173. The molecule has 0 atom stereocenters. The van der Waals surface area contributed by atoms with Crippen molar-refractivity contribution in [1.82, 2.24) is 0 Å². The summed E-state index contributed by atoms with van der Waals surface area (Å²) in [5.74, 6) is -0.748. The summed E-state index contributed by atoms with van der Waals surface area (Å²) in [5.41, 5.74) is 0.988. The molecule has 0 saturated heterocycles. The lowest BCUT2D eigenvalue weighted by atomic mass is 10.1. The lowest BCUT2D eigenvalue weighted by Crippen LogP contribution is -2.15. The fourth-order valence-corrected chi connectivity index (χ4v) is 2.03. The van der Waals surface area contributed by atoms with Gasteiger partial charge in [-0.1, -0.05) is 39.7 Å². The molecule has 0 radical (unpaired) electrons. The zero-order valence-corrected chi connectivity index (χ0v) is 12.1. The summed E-state index contributed by atoms with van der Waals surface area (Å²) in [5, 5.41) is 3.15. The SMILES string of the molecule is O=C(Cc1ccc(Cl)cc1)Nc1ccc(Br)cc1F. The molecule has 0 unspecified atom stereocenters. The van der Waals surface area contributed by atoms with Crippen LogP contribution in [-0.4, -0.2) is 5.91 Å². The molecule has 2 aromatic carbocycles. The zero-order valence-electron chi connectivity index (χ0n) is 9.79. The minimum absolute atomic E-state index is 0.169. The van der Waals surface area contributed by atoms with Gasteiger partial charge in [0.2, 0.25) is 5.91 Å². The first kappa shape index (κ1) is 14.0. The van der Waals surface area contributed by atoms with Crippen LogP contribution in [0.15, 0.2) is 46.9 Å². The maximum absolute atomic E-state index is 13.5. The number of hydrogen-bond donors (Lipinski definition) is 1. The number of amides is 1. The van der Waals surface area contributed by atoms with Crippen molar-refractivity contribution in [3.63, 3.8) is 0 Å². The Morgan fingerprint density at radius 3 is 2.53 bits per heavy atom. The van der Waals surface area contributed by atoms with Gasteiger partial charge in [0, 0.05) is 9.50 Å². The van der Waals surface area contributed by atoms with E-state index in [1.165, 1.54) is 12.1 Å². The number of nitrogens with one attached hydrogen (secondary N) is 1. The Bertz CT molecular complexity index is 601. The minimum atomic E-state index is -0.473. The smallest absolute Gasteiger partial charge is 0.228 e. The summed E-state index contributed by atoms with van der Waals surface area (Å²) in [7, 11) is 0. The molecule has 1 N–H and O–H groups in total. The number of carbonyl (C=O) groups excluding carboxylic acids is 1. The van der Waals surface area contributed by atoms with Gasteiger partial charge in [-0.05, 0) is 35.9 Å². The van der Waals surface area contributed by atoms with E-state index in [2.05, 4.69) is 21.2 Å². The zero-order chi connectivity index (χ0) is 13.8. The highest BCUT2D eigenvalue weighted by Gasteiger charge is 2.08. The Hall–Kier alpha value is -1.39. The molecule has 0 fully saturated rings. The molecule has 2 nitrogen and oxygen atoms in total. The summed E-state index contributed by atoms with van der Waals surface area (Å²) >= 11 is 8.92. The van der Waals surface area contributed by atoms with E-state index in [-0.39, 0.29) is 18.0 Å². The standard InChI is InChI=1S/C14H10BrClFNO/c15-10-3-6-13(12(17)8-10)18-14(19)7-9-1-4-11(16)5-2-9/h1-6,8H,7H2,(H,18,19). The first-order valence-electron chi connectivity index (χ1n) is 5.54. The Balaban J connectivity index is 2.03. The molecule has 0 aliphatic rings. The lowest BCUT2D eigenvalue weighted by molar-refractivity contribution is -0.115. The number of anilines is 1. The van der Waals surface area contributed by atoms with Gasteiger partial charge in [-0.15, -0.1) is 0 Å². The highest BCUT2D eigenvalue weighted by molar-refractivity contribution is 9.10. The third-order valence-electron chi connectivity index (χ3n) is 2.48. The molecule has 19 heavy (non-hydrogen) atoms. The van der Waals surface area contributed by atoms with E-state index in [0.717, 1.165) is 5.56 Å². The third-order valence-corrected chi connectivity index (χ3v) is 3.23. The van der Waals surface area contributed by atoms with E-state index in [1.54, 1.807) is 30.3 Å². The molecule has 1 amide bonds. The second-order valence-corrected chi connectivity index (χ2v) is 5.33. The van der Waals surface area contributed by atoms with Crippen LogP contribution >= 0.6 is 27.5 Å². The lowest BCUT2D eigenvalue weighted by Gasteiger charge is -2.07. The fraction of sp³-hybridized carbons (Fsp3) is 0.0714. The van der Waals surface area contributed by atoms with Gasteiger partial charge >= 0.3 is 0 Å². The molecule has 5 heteroatoms. The van der Waals surface area contributed by atoms with Crippen LogP contribution in [0.1, 0.15) is 5.56 Å². The molecule has 0 heterocycles. The molecule has 98 valence electrons. The largest absolute Gasteiger partial charge is 0.323 e. The first-order valence-corrected chi connectivity index (χ1v) is 6.71. The Morgan fingerprint density at radius 1 is 1.21 bits per heavy atom. The number of benzene rings is 2. The maximum atomic E-state index is 13.5. The third kappa shape index (κ3) is 4.04. The number of rotatable bonds is 3. The molecule has 0 saturated carbocycles. The number of hydrogen-bond acceptors (Lipinski definition) is 1. The van der Waals surface area contributed by atoms with Gasteiger partial charge in [-0.2, -0.15) is 0 Å². The van der Waals surface area contributed by atoms with Crippen molar-refractivity contribution in [3.8, 4) is 0 Å². The Kier molecular flexibility index (Phi) is 4.56. The molecule has 0 aromatic heterocycles. The van der Waals surface area contributed by atoms with Crippen LogP contribution in [0.25, 0.3) is 0 Å². The highest BCUT2D eigenvalue weighted by atomic mass is 79.9. The fourth-order valence-electron chi connectivity index (χ4n) is 1.57. The summed E-state index contributed by atoms with van der Waals surface area (Å²) in [4.78, 5) is 11.8. The van der Waals surface area contributed by atoms with Gasteiger partial charge in [0.05, 0.1) is 12.1 Å². The normalized spacial score (nSPS) is 10.3. The average molecular weight is 343 g/mol. The molecule has 2 rings (SSSR count). The molecular weight excluding hydrogens is 333 g/mol. The van der Waals surface area contributed by atoms with Gasteiger partial charge in [0.15, 0.2) is 0 Å². The Labute approximate surface area is 123 Å². The second-order valence-electron chi connectivity index (χ2n) is 3.98. The van der Waals surface area contributed by atoms with Crippen molar-refractivity contribution >= 4 is 39.1 Å². The van der Waals surface area contributed by atoms with Gasteiger partial charge in [-0.3, -0.25) is 4.79 Å². The molecule has 2 aromatic rings. The van der Waals surface area contributed by atoms with Crippen LogP contribution in [0.5, 0.6) is 0 Å². The van der Waals surface area contributed by atoms with Crippen molar-refractivity contribution in [3.05, 3.63) is 63.3 Å². The van der Waals surface area contributed by atoms with Gasteiger partial charge in [0.25, 0.3) is 0 Å². The minimum Gasteiger partial charge on any atom is -0.323 e. The van der Waals surface area contributed by atoms with Crippen LogP contribution < -0.4 is 5.32 Å². The molecule has 0 spiro atoms. The maximum Gasteiger partial charge on any atom is 0.228 e. The summed E-state index contributed by atoms with van der Waals surface area (Å²) < 4.78 is 14.2. The summed E-state index contributed by atoms with van der Waals surface area (Å²) in [6.45, 7) is 0. The van der Waals surface area contributed by atoms with Crippen molar-refractivity contribution in [1.29, 1.82) is 0 Å². The van der Waals surface area contributed by atoms with Crippen LogP contribution in [0.4, 0.5) is 10.1 Å². The van der Waals surface area contributed by atoms with E-state index in [4.69, 9.17) is 11.6 Å². The van der Waals surface area contributed by atoms with Crippen molar-refractivity contribution < 1.29 is 9.18 Å². The van der Waals surface area contributed by atoms with Crippen LogP contribution in [0, 0.1) is 5.82 Å². The quantitative estimate of drug-likeness (QED) is 0.879. The van der Waals surface area contributed by atoms with E-state index < -0.39 is 5.82 Å². The van der Waals surface area contributed by atoms with E-state index in [1.807, 2.05) is 0 Å². The summed E-state index contributed by atoms with van der Waals surface area (Å²) in [6, 6.07) is 11.4. The second kappa shape index (κ2) is 6.17. The molecular formula is C14H10BrClFNO. The van der Waals surface area contributed by atoms with E-state index in [0.29, 0.717) is 9.50 Å². The molecule has 0 aliphatic heterocycles. The first-order chi connectivity index (χ1) is 9.04. The van der Waals surface area contributed by atoms with Gasteiger partial charge in [-0.25, -0.2) is 4.39 Å². The topological polar surface area (TPSA) is 29.1 Å². The van der Waals surface area contributed by atoms with Crippen LogP contribution in [0.3, 0.4) is 0 Å². The van der Waals surface area contributed by atoms with Gasteiger partial charge < -0.3 is 5.32 Å². The molecule has 0 bridgehead atoms. The van der Waals surface area contributed by atoms with E-state index in [9.17, 15) is 9.18 Å². The van der Waals surface area contributed by atoms with Gasteiger partial charge in [0.1, 0.15) is 5.82 Å². The highest BCUT2D eigenvalue weighted by Crippen LogP contribution is 2.19. The van der Waals surface area contributed by atoms with Crippen molar-refractivity contribution in [2.75, 3.05) is 5.32 Å². The average Bonchev–Trinajstić information content (AvgIpc) is 2.36. The molecule has 0 aliphatic carbocycles. The van der Waals surface area contributed by atoms with Crippen LogP contribution in [-0.2, 0) is 11.2 Å². The van der Waals surface area contributed by atoms with Crippen molar-refractivity contribution in [2.45, 2.75) is 6.42 Å². The number of carbonyl (C=O) groups is 1. The number of halogens is 3.